The van der Waals surface area contributed by atoms with Gasteiger partial charge in [0.05, 0.1) is 3.79 Å². The zero-order valence-electron chi connectivity index (χ0n) is 14.8. The lowest BCUT2D eigenvalue weighted by Gasteiger charge is -2.35. The van der Waals surface area contributed by atoms with E-state index >= 15 is 0 Å². The number of aryl methyl sites for hydroxylation is 1. The molecule has 144 valence electrons. The Morgan fingerprint density at radius 3 is 2.52 bits per heavy atom. The molecule has 5 nitrogen and oxygen atoms in total. The van der Waals surface area contributed by atoms with Crippen LogP contribution in [0.2, 0.25) is 0 Å². The summed E-state index contributed by atoms with van der Waals surface area (Å²) in [6.07, 6.45) is 3.13. The second-order valence-electron chi connectivity index (χ2n) is 6.96. The molecule has 2 aromatic rings. The van der Waals surface area contributed by atoms with Gasteiger partial charge in [-0.2, -0.15) is 4.31 Å². The topological polar surface area (TPSA) is 57.7 Å². The van der Waals surface area contributed by atoms with E-state index in [0.717, 1.165) is 28.9 Å². The Bertz CT molecular complexity index is 949. The zero-order valence-corrected chi connectivity index (χ0v) is 18.0. The quantitative estimate of drug-likeness (QED) is 0.686. The van der Waals surface area contributed by atoms with Crippen LogP contribution in [0.1, 0.15) is 24.8 Å². The fraction of sp³-hybridized carbons (Fsp3) is 0.421. The van der Waals surface area contributed by atoms with Crippen molar-refractivity contribution in [3.05, 3.63) is 45.7 Å². The molecule has 1 aromatic heterocycles. The number of benzene rings is 1. The molecular weight excluding hydrogens is 448 g/mol. The summed E-state index contributed by atoms with van der Waals surface area (Å²) in [5, 5.41) is 0. The predicted molar refractivity (Wildman–Crippen MR) is 111 cm³/mol. The molecule has 1 fully saturated rings. The highest BCUT2D eigenvalue weighted by atomic mass is 79.9. The Labute approximate surface area is 172 Å². The molecule has 4 rings (SSSR count). The smallest absolute Gasteiger partial charge is 0.252 e. The van der Waals surface area contributed by atoms with Gasteiger partial charge in [-0.15, -0.1) is 11.3 Å². The number of carbonyl (C=O) groups excluding carboxylic acids is 1. The van der Waals surface area contributed by atoms with Gasteiger partial charge < -0.3 is 4.90 Å². The fourth-order valence-electron chi connectivity index (χ4n) is 3.89. The molecule has 8 heteroatoms. The van der Waals surface area contributed by atoms with Crippen LogP contribution in [0.4, 0.5) is 5.69 Å². The van der Waals surface area contributed by atoms with Gasteiger partial charge in [-0.1, -0.05) is 18.2 Å². The van der Waals surface area contributed by atoms with Crippen molar-refractivity contribution < 1.29 is 13.2 Å². The van der Waals surface area contributed by atoms with Crippen molar-refractivity contribution in [3.63, 3.8) is 0 Å². The highest BCUT2D eigenvalue weighted by Gasteiger charge is 2.35. The summed E-state index contributed by atoms with van der Waals surface area (Å²) in [4.78, 5) is 15.0. The molecule has 0 saturated carbocycles. The lowest BCUT2D eigenvalue weighted by Crippen LogP contribution is -2.45. The molecule has 0 N–H and O–H groups in total. The summed E-state index contributed by atoms with van der Waals surface area (Å²) in [5.74, 6) is 0.0238. The molecule has 0 unspecified atom stereocenters. The maximum absolute atomic E-state index is 13.1. The maximum atomic E-state index is 13.1. The molecular formula is C19H21BrN2O3S2. The third-order valence-corrected chi connectivity index (χ3v) is 9.31. The van der Waals surface area contributed by atoms with Crippen LogP contribution in [-0.4, -0.2) is 38.3 Å². The first kappa shape index (κ1) is 19.1. The van der Waals surface area contributed by atoms with Gasteiger partial charge in [-0.05, 0) is 65.4 Å². The molecule has 0 aliphatic carbocycles. The monoisotopic (exact) mass is 468 g/mol. The first-order chi connectivity index (χ1) is 13.0. The Kier molecular flexibility index (Phi) is 5.42. The third kappa shape index (κ3) is 3.72. The SMILES string of the molecule is O=C(C1CCN(S(=O)(=O)c2ccc(Br)s2)CC1)N1CCCc2ccccc21. The van der Waals surface area contributed by atoms with E-state index < -0.39 is 10.0 Å². The van der Waals surface area contributed by atoms with E-state index in [2.05, 4.69) is 22.0 Å². The average molecular weight is 469 g/mol. The number of anilines is 1. The normalized spacial score (nSPS) is 19.1. The number of amides is 1. The molecule has 1 amide bonds. The van der Waals surface area contributed by atoms with Crippen LogP contribution in [0.25, 0.3) is 0 Å². The molecule has 1 aromatic carbocycles. The second-order valence-corrected chi connectivity index (χ2v) is 11.6. The molecule has 0 spiro atoms. The highest BCUT2D eigenvalue weighted by molar-refractivity contribution is 9.11. The van der Waals surface area contributed by atoms with Gasteiger partial charge in [0.25, 0.3) is 10.0 Å². The van der Waals surface area contributed by atoms with Gasteiger partial charge in [0, 0.05) is 31.2 Å². The summed E-state index contributed by atoms with van der Waals surface area (Å²) in [7, 11) is -3.47. The van der Waals surface area contributed by atoms with Crippen molar-refractivity contribution in [2.45, 2.75) is 29.9 Å². The minimum Gasteiger partial charge on any atom is -0.312 e. The third-order valence-electron chi connectivity index (χ3n) is 5.32. The number of para-hydroxylation sites is 1. The predicted octanol–water partition coefficient (Wildman–Crippen LogP) is 3.89. The minimum absolute atomic E-state index is 0.113. The van der Waals surface area contributed by atoms with E-state index in [0.29, 0.717) is 30.1 Å². The van der Waals surface area contributed by atoms with E-state index in [1.807, 2.05) is 23.1 Å². The molecule has 3 heterocycles. The van der Waals surface area contributed by atoms with Crippen LogP contribution < -0.4 is 4.90 Å². The molecule has 0 atom stereocenters. The Balaban J connectivity index is 1.45. The van der Waals surface area contributed by atoms with Crippen LogP contribution >= 0.6 is 27.3 Å². The first-order valence-electron chi connectivity index (χ1n) is 9.11. The number of piperidine rings is 1. The zero-order chi connectivity index (χ0) is 19.0. The maximum Gasteiger partial charge on any atom is 0.252 e. The number of carbonyl (C=O) groups is 1. The number of hydrogen-bond donors (Lipinski definition) is 0. The molecule has 1 saturated heterocycles. The summed E-state index contributed by atoms with van der Waals surface area (Å²) >= 11 is 4.54. The molecule has 2 aliphatic rings. The van der Waals surface area contributed by atoms with Gasteiger partial charge in [-0.3, -0.25) is 4.79 Å². The summed E-state index contributed by atoms with van der Waals surface area (Å²) in [6.45, 7) is 1.53. The Hall–Kier alpha value is -1.22. The van der Waals surface area contributed by atoms with Crippen LogP contribution in [0.5, 0.6) is 0 Å². The summed E-state index contributed by atoms with van der Waals surface area (Å²) in [5.41, 5.74) is 2.24. The van der Waals surface area contributed by atoms with E-state index in [-0.39, 0.29) is 11.8 Å². The van der Waals surface area contributed by atoms with E-state index in [4.69, 9.17) is 0 Å². The molecule has 2 aliphatic heterocycles. The van der Waals surface area contributed by atoms with E-state index in [1.165, 1.54) is 21.2 Å². The van der Waals surface area contributed by atoms with Crippen LogP contribution in [0.15, 0.2) is 44.4 Å². The van der Waals surface area contributed by atoms with Crippen molar-refractivity contribution >= 4 is 48.9 Å². The number of fused-ring (bicyclic) bond motifs is 1. The number of hydrogen-bond acceptors (Lipinski definition) is 4. The Morgan fingerprint density at radius 1 is 1.07 bits per heavy atom. The number of halogens is 1. The standard InChI is InChI=1S/C19H21BrN2O3S2/c20-17-7-8-18(26-17)27(24,25)21-12-9-15(10-13-21)19(23)22-11-3-5-14-4-1-2-6-16(14)22/h1-2,4,6-8,15H,3,5,9-13H2. The van der Waals surface area contributed by atoms with Crippen molar-refractivity contribution in [3.8, 4) is 0 Å². The largest absolute Gasteiger partial charge is 0.312 e. The highest BCUT2D eigenvalue weighted by Crippen LogP contribution is 2.33. The lowest BCUT2D eigenvalue weighted by molar-refractivity contribution is -0.123. The van der Waals surface area contributed by atoms with Gasteiger partial charge in [0.1, 0.15) is 4.21 Å². The Morgan fingerprint density at radius 2 is 1.81 bits per heavy atom. The summed E-state index contributed by atoms with van der Waals surface area (Å²) < 4.78 is 28.2. The number of rotatable bonds is 3. The first-order valence-corrected chi connectivity index (χ1v) is 12.2. The van der Waals surface area contributed by atoms with Crippen LogP contribution in [0, 0.1) is 5.92 Å². The van der Waals surface area contributed by atoms with Crippen LogP contribution in [0.3, 0.4) is 0 Å². The number of nitrogens with zero attached hydrogens (tertiary/aromatic N) is 2. The van der Waals surface area contributed by atoms with Crippen molar-refractivity contribution in [1.29, 1.82) is 0 Å². The fourth-order valence-corrected chi connectivity index (χ4v) is 7.52. The van der Waals surface area contributed by atoms with Gasteiger partial charge >= 0.3 is 0 Å². The average Bonchev–Trinajstić information content (AvgIpc) is 3.14. The minimum atomic E-state index is -3.47. The van der Waals surface area contributed by atoms with Crippen molar-refractivity contribution in [1.82, 2.24) is 4.31 Å². The van der Waals surface area contributed by atoms with E-state index in [9.17, 15) is 13.2 Å². The van der Waals surface area contributed by atoms with Gasteiger partial charge in [0.2, 0.25) is 5.91 Å². The number of thiophene rings is 1. The summed E-state index contributed by atoms with van der Waals surface area (Å²) in [6, 6.07) is 11.5. The van der Waals surface area contributed by atoms with E-state index in [1.54, 1.807) is 12.1 Å². The van der Waals surface area contributed by atoms with Crippen molar-refractivity contribution in [2.24, 2.45) is 5.92 Å². The second kappa shape index (κ2) is 7.66. The molecule has 0 radical (unpaired) electrons. The molecule has 0 bridgehead atoms. The van der Waals surface area contributed by atoms with Gasteiger partial charge in [-0.25, -0.2) is 8.42 Å². The van der Waals surface area contributed by atoms with Crippen LogP contribution in [-0.2, 0) is 21.2 Å². The number of sulfonamides is 1. The van der Waals surface area contributed by atoms with Crippen molar-refractivity contribution in [2.75, 3.05) is 24.5 Å². The lowest BCUT2D eigenvalue weighted by atomic mass is 9.94. The van der Waals surface area contributed by atoms with Gasteiger partial charge in [0.15, 0.2) is 0 Å². The molecule has 27 heavy (non-hydrogen) atoms.